The zero-order valence-corrected chi connectivity index (χ0v) is 24.4. The molecular formula is C31H43FN4O5. The van der Waals surface area contributed by atoms with Crippen LogP contribution in [0, 0.1) is 11.7 Å². The molecule has 5 rings (SSSR count). The molecule has 4 aliphatic rings. The standard InChI is InChI=1S/C31H43FN4O5/c1-31(2,3)41-30(39)36-23-8-6-22(16-23)27(36)29(38)34-26(28(33)37)9-7-20-4-5-21(17-25(20)32)19-10-13-35(14-11-19)24-12-15-40-18-24/h4-5,10,17,22-24,26-27H,6-9,11-16,18H2,1-3H3,(H2,33,37)(H,34,38). The van der Waals surface area contributed by atoms with Crippen LogP contribution in [0.25, 0.3) is 5.57 Å². The highest BCUT2D eigenvalue weighted by Gasteiger charge is 2.52. The van der Waals surface area contributed by atoms with Crippen LogP contribution in [0.4, 0.5) is 9.18 Å². The second-order valence-corrected chi connectivity index (χ2v) is 12.9. The van der Waals surface area contributed by atoms with E-state index in [9.17, 15) is 14.4 Å². The quantitative estimate of drug-likeness (QED) is 0.495. The maximum atomic E-state index is 15.1. The molecule has 2 bridgehead atoms. The first kappa shape index (κ1) is 29.5. The highest BCUT2D eigenvalue weighted by atomic mass is 19.1. The third kappa shape index (κ3) is 6.75. The number of nitrogens with two attached hydrogens (primary N) is 1. The van der Waals surface area contributed by atoms with Crippen LogP contribution in [-0.2, 0) is 25.5 Å². The number of ether oxygens (including phenoxy) is 2. The van der Waals surface area contributed by atoms with E-state index in [-0.39, 0.29) is 30.6 Å². The number of nitrogens with one attached hydrogen (secondary N) is 1. The average Bonchev–Trinajstić information content (AvgIpc) is 3.69. The number of rotatable bonds is 8. The molecule has 0 spiro atoms. The smallest absolute Gasteiger partial charge is 0.411 e. The molecule has 0 radical (unpaired) electrons. The average molecular weight is 571 g/mol. The first-order valence-electron chi connectivity index (χ1n) is 14.9. The number of hydrogen-bond donors (Lipinski definition) is 2. The van der Waals surface area contributed by atoms with Gasteiger partial charge in [-0.3, -0.25) is 19.4 Å². The molecular weight excluding hydrogens is 527 g/mol. The van der Waals surface area contributed by atoms with Crippen molar-refractivity contribution < 1.29 is 28.2 Å². The summed E-state index contributed by atoms with van der Waals surface area (Å²) in [5.41, 5.74) is 7.42. The molecule has 1 saturated carbocycles. The molecule has 1 aromatic carbocycles. The predicted octanol–water partition coefficient (Wildman–Crippen LogP) is 3.39. The Hall–Kier alpha value is -2.98. The maximum Gasteiger partial charge on any atom is 0.411 e. The van der Waals surface area contributed by atoms with Gasteiger partial charge < -0.3 is 20.5 Å². The molecule has 3 heterocycles. The Morgan fingerprint density at radius 3 is 2.63 bits per heavy atom. The van der Waals surface area contributed by atoms with Crippen molar-refractivity contribution >= 4 is 23.5 Å². The fraction of sp³-hybridized carbons (Fsp3) is 0.645. The summed E-state index contributed by atoms with van der Waals surface area (Å²) in [4.78, 5) is 42.6. The van der Waals surface area contributed by atoms with Gasteiger partial charge in [0.05, 0.1) is 6.61 Å². The van der Waals surface area contributed by atoms with Crippen LogP contribution in [-0.4, -0.2) is 83.8 Å². The van der Waals surface area contributed by atoms with Crippen LogP contribution in [0.3, 0.4) is 0 Å². The number of hydrogen-bond acceptors (Lipinski definition) is 6. The van der Waals surface area contributed by atoms with Gasteiger partial charge in [0.25, 0.3) is 0 Å². The fourth-order valence-electron chi connectivity index (χ4n) is 6.78. The summed E-state index contributed by atoms with van der Waals surface area (Å²) in [5, 5.41) is 2.76. The van der Waals surface area contributed by atoms with Gasteiger partial charge in [-0.15, -0.1) is 0 Å². The predicted molar refractivity (Wildman–Crippen MR) is 152 cm³/mol. The van der Waals surface area contributed by atoms with Crippen molar-refractivity contribution in [2.45, 2.75) is 95.5 Å². The van der Waals surface area contributed by atoms with Gasteiger partial charge in [-0.05, 0) is 94.4 Å². The van der Waals surface area contributed by atoms with Crippen molar-refractivity contribution in [2.75, 3.05) is 26.3 Å². The number of nitrogens with zero attached hydrogens (tertiary/aromatic N) is 2. The molecule has 3 amide bonds. The van der Waals surface area contributed by atoms with E-state index in [1.807, 2.05) is 6.07 Å². The molecule has 41 heavy (non-hydrogen) atoms. The van der Waals surface area contributed by atoms with E-state index in [0.29, 0.717) is 11.6 Å². The highest BCUT2D eigenvalue weighted by molar-refractivity contribution is 5.91. The van der Waals surface area contributed by atoms with E-state index >= 15 is 4.39 Å². The van der Waals surface area contributed by atoms with Crippen molar-refractivity contribution in [3.8, 4) is 0 Å². The Morgan fingerprint density at radius 2 is 2.00 bits per heavy atom. The summed E-state index contributed by atoms with van der Waals surface area (Å²) in [6.07, 6.45) is 6.36. The number of amides is 3. The largest absolute Gasteiger partial charge is 0.444 e. The number of halogens is 1. The summed E-state index contributed by atoms with van der Waals surface area (Å²) in [5.74, 6) is -1.43. The van der Waals surface area contributed by atoms with Crippen LogP contribution in [0.15, 0.2) is 24.3 Å². The fourth-order valence-corrected chi connectivity index (χ4v) is 6.78. The lowest BCUT2D eigenvalue weighted by molar-refractivity contribution is -0.132. The van der Waals surface area contributed by atoms with E-state index in [1.165, 1.54) is 4.90 Å². The topological polar surface area (TPSA) is 114 Å². The van der Waals surface area contributed by atoms with Crippen LogP contribution >= 0.6 is 0 Å². The van der Waals surface area contributed by atoms with Crippen LogP contribution in [0.2, 0.25) is 0 Å². The van der Waals surface area contributed by atoms with Gasteiger partial charge in [0.15, 0.2) is 0 Å². The summed E-state index contributed by atoms with van der Waals surface area (Å²) in [7, 11) is 0. The molecule has 5 atom stereocenters. The minimum absolute atomic E-state index is 0.0127. The first-order valence-corrected chi connectivity index (χ1v) is 14.9. The summed E-state index contributed by atoms with van der Waals surface area (Å²) in [6.45, 7) is 8.72. The number of piperidine rings is 1. The minimum Gasteiger partial charge on any atom is -0.444 e. The molecule has 2 saturated heterocycles. The molecule has 5 unspecified atom stereocenters. The van der Waals surface area contributed by atoms with E-state index in [4.69, 9.17) is 15.2 Å². The Morgan fingerprint density at radius 1 is 1.20 bits per heavy atom. The number of benzene rings is 1. The van der Waals surface area contributed by atoms with Crippen molar-refractivity contribution in [3.63, 3.8) is 0 Å². The lowest BCUT2D eigenvalue weighted by atomic mass is 9.95. The minimum atomic E-state index is -0.979. The van der Waals surface area contributed by atoms with E-state index in [0.717, 1.165) is 69.5 Å². The Labute approximate surface area is 241 Å². The normalized spacial score (nSPS) is 27.0. The number of carbonyl (C=O) groups excluding carboxylic acids is 3. The molecule has 3 fully saturated rings. The van der Waals surface area contributed by atoms with Gasteiger partial charge in [-0.1, -0.05) is 18.2 Å². The maximum absolute atomic E-state index is 15.1. The van der Waals surface area contributed by atoms with Crippen molar-refractivity contribution in [1.29, 1.82) is 0 Å². The van der Waals surface area contributed by atoms with Crippen molar-refractivity contribution in [3.05, 3.63) is 41.2 Å². The van der Waals surface area contributed by atoms with E-state index in [2.05, 4.69) is 16.3 Å². The molecule has 1 aliphatic carbocycles. The molecule has 3 aliphatic heterocycles. The second kappa shape index (κ2) is 12.1. The van der Waals surface area contributed by atoms with Crippen molar-refractivity contribution in [1.82, 2.24) is 15.1 Å². The van der Waals surface area contributed by atoms with Gasteiger partial charge in [0, 0.05) is 31.8 Å². The van der Waals surface area contributed by atoms with E-state index < -0.39 is 35.6 Å². The van der Waals surface area contributed by atoms with Crippen LogP contribution in [0.5, 0.6) is 0 Å². The molecule has 3 N–H and O–H groups in total. The van der Waals surface area contributed by atoms with Gasteiger partial charge in [-0.25, -0.2) is 9.18 Å². The SMILES string of the molecule is CC(C)(C)OC(=O)N1C2CCC(C2)C1C(=O)NC(CCc1ccc(C2=CCN(C3CCOC3)CC2)cc1F)C(N)=O. The number of likely N-dealkylation sites (tertiary alicyclic amines) is 1. The van der Waals surface area contributed by atoms with Gasteiger partial charge in [0.2, 0.25) is 11.8 Å². The van der Waals surface area contributed by atoms with Gasteiger partial charge in [-0.2, -0.15) is 0 Å². The van der Waals surface area contributed by atoms with Crippen LogP contribution in [0.1, 0.15) is 70.4 Å². The lowest BCUT2D eigenvalue weighted by Crippen LogP contribution is -2.57. The number of carbonyl (C=O) groups is 3. The Balaban J connectivity index is 1.19. The lowest BCUT2D eigenvalue weighted by Gasteiger charge is -2.36. The summed E-state index contributed by atoms with van der Waals surface area (Å²) < 4.78 is 26.2. The number of primary amides is 1. The second-order valence-electron chi connectivity index (χ2n) is 12.9. The molecule has 224 valence electrons. The Bertz CT molecular complexity index is 1190. The molecule has 0 aromatic heterocycles. The molecule has 10 heteroatoms. The van der Waals surface area contributed by atoms with Crippen molar-refractivity contribution in [2.24, 2.45) is 11.7 Å². The first-order chi connectivity index (χ1) is 19.5. The third-order valence-electron chi connectivity index (χ3n) is 8.91. The molecule has 1 aromatic rings. The van der Waals surface area contributed by atoms with E-state index in [1.54, 1.807) is 32.9 Å². The number of fused-ring (bicyclic) bond motifs is 2. The highest BCUT2D eigenvalue weighted by Crippen LogP contribution is 2.43. The number of aryl methyl sites for hydroxylation is 1. The third-order valence-corrected chi connectivity index (χ3v) is 8.91. The van der Waals surface area contributed by atoms with Gasteiger partial charge in [0.1, 0.15) is 23.5 Å². The zero-order chi connectivity index (χ0) is 29.3. The summed E-state index contributed by atoms with van der Waals surface area (Å²) >= 11 is 0. The zero-order valence-electron chi connectivity index (χ0n) is 24.4. The summed E-state index contributed by atoms with van der Waals surface area (Å²) in [6, 6.07) is 3.96. The monoisotopic (exact) mass is 570 g/mol. The Kier molecular flexibility index (Phi) is 8.70. The van der Waals surface area contributed by atoms with Gasteiger partial charge >= 0.3 is 6.09 Å². The molecule has 9 nitrogen and oxygen atoms in total. The van der Waals surface area contributed by atoms with Crippen LogP contribution < -0.4 is 11.1 Å².